The van der Waals surface area contributed by atoms with Crippen molar-refractivity contribution >= 4 is 45.2 Å². The van der Waals surface area contributed by atoms with Gasteiger partial charge in [-0.2, -0.15) is 23.5 Å². The molecule has 2 aromatic rings. The lowest BCUT2D eigenvalue weighted by Crippen LogP contribution is -2.23. The van der Waals surface area contributed by atoms with E-state index in [4.69, 9.17) is 23.2 Å². The summed E-state index contributed by atoms with van der Waals surface area (Å²) in [5.41, 5.74) is -3.27. The molecule has 1 aliphatic carbocycles. The predicted molar refractivity (Wildman–Crippen MR) is 107 cm³/mol. The van der Waals surface area contributed by atoms with Crippen LogP contribution in [0.1, 0.15) is 30.5 Å². The van der Waals surface area contributed by atoms with Crippen molar-refractivity contribution in [3.8, 4) is 11.8 Å². The number of benzene rings is 1. The van der Waals surface area contributed by atoms with Gasteiger partial charge in [0.25, 0.3) is 0 Å². The maximum Gasteiger partial charge on any atom is 0.390 e. The van der Waals surface area contributed by atoms with Gasteiger partial charge in [0, 0.05) is 6.54 Å². The first-order valence-corrected chi connectivity index (χ1v) is 11.7. The Kier molecular flexibility index (Phi) is 5.60. The largest absolute Gasteiger partial charge is 0.481 e. The molecule has 0 atom stereocenters. The third-order valence-electron chi connectivity index (χ3n) is 4.98. The van der Waals surface area contributed by atoms with E-state index in [1.54, 1.807) is 6.07 Å². The lowest BCUT2D eigenvalue weighted by Gasteiger charge is -2.40. The fraction of sp³-hybridized carbons (Fsp3) is 0.353. The fourth-order valence-electron chi connectivity index (χ4n) is 3.26. The van der Waals surface area contributed by atoms with Crippen molar-refractivity contribution in [2.75, 3.05) is 11.9 Å². The molecular weight excluding hydrogens is 547 g/mol. The Labute approximate surface area is 195 Å². The third-order valence-corrected chi connectivity index (χ3v) is 6.68. The van der Waals surface area contributed by atoms with Crippen molar-refractivity contribution in [3.63, 3.8) is 0 Å². The molecule has 0 bridgehead atoms. The average molecular weight is 559 g/mol. The minimum atomic E-state index is -10.2. The van der Waals surface area contributed by atoms with Crippen LogP contribution in [0.25, 0.3) is 5.69 Å². The van der Waals surface area contributed by atoms with Gasteiger partial charge >= 0.3 is 22.4 Å². The number of anilines is 1. The van der Waals surface area contributed by atoms with Gasteiger partial charge in [-0.05, 0) is 25.0 Å². The molecule has 1 heterocycles. The number of aromatic nitrogens is 2. The topological polar surface area (TPSA) is 90.9 Å². The number of nitriles is 1. The first-order chi connectivity index (χ1) is 15.2. The third kappa shape index (κ3) is 4.98. The van der Waals surface area contributed by atoms with E-state index in [0.29, 0.717) is 4.68 Å². The number of carbonyl (C=O) groups is 1. The lowest BCUT2D eigenvalue weighted by atomic mass is 9.95. The van der Waals surface area contributed by atoms with Gasteiger partial charge in [-0.25, -0.2) is 4.68 Å². The number of carboxylic acid groups (broad SMARTS) is 1. The summed E-state index contributed by atoms with van der Waals surface area (Å²) in [6, 6.07) is 1.31. The van der Waals surface area contributed by atoms with Crippen molar-refractivity contribution < 1.29 is 42.5 Å². The van der Waals surface area contributed by atoms with Gasteiger partial charge in [0.15, 0.2) is 5.69 Å². The Morgan fingerprint density at radius 1 is 1.21 bits per heavy atom. The van der Waals surface area contributed by atoms with Crippen LogP contribution in [0.15, 0.2) is 17.0 Å². The molecule has 1 aromatic carbocycles. The van der Waals surface area contributed by atoms with Gasteiger partial charge in [0.05, 0.1) is 27.4 Å². The van der Waals surface area contributed by atoms with Crippen LogP contribution in [0.3, 0.4) is 0 Å². The fourth-order valence-corrected chi connectivity index (χ4v) is 4.72. The van der Waals surface area contributed by atoms with Gasteiger partial charge in [0.1, 0.15) is 22.5 Å². The van der Waals surface area contributed by atoms with Crippen LogP contribution in [0.4, 0.5) is 38.4 Å². The van der Waals surface area contributed by atoms with E-state index in [9.17, 15) is 47.8 Å². The molecule has 0 unspecified atom stereocenters. The lowest BCUT2D eigenvalue weighted by molar-refractivity contribution is -0.140. The molecule has 0 saturated heterocycles. The molecule has 1 aromatic heterocycles. The number of aliphatic carboxylic acids is 1. The van der Waals surface area contributed by atoms with Crippen LogP contribution in [-0.2, 0) is 10.2 Å². The smallest absolute Gasteiger partial charge is 0.390 e. The number of carboxylic acids is 1. The number of nitrogens with one attached hydrogen (secondary N) is 1. The molecule has 6 nitrogen and oxygen atoms in total. The molecule has 188 valence electrons. The molecule has 0 radical (unpaired) electrons. The Morgan fingerprint density at radius 2 is 1.74 bits per heavy atom. The van der Waals surface area contributed by atoms with Crippen molar-refractivity contribution in [3.05, 3.63) is 33.4 Å². The van der Waals surface area contributed by atoms with E-state index in [2.05, 4.69) is 10.4 Å². The molecule has 1 fully saturated rings. The van der Waals surface area contributed by atoms with E-state index in [0.717, 1.165) is 0 Å². The van der Waals surface area contributed by atoms with Crippen molar-refractivity contribution in [1.82, 2.24) is 9.78 Å². The van der Waals surface area contributed by atoms with Crippen LogP contribution in [0, 0.1) is 11.3 Å². The second-order valence-corrected chi connectivity index (χ2v) is 10.7. The number of hydrogen-bond donors (Lipinski definition) is 2. The number of alkyl halides is 3. The monoisotopic (exact) mass is 558 g/mol. The zero-order chi connectivity index (χ0) is 26.0. The van der Waals surface area contributed by atoms with Crippen LogP contribution in [-0.4, -0.2) is 33.6 Å². The minimum Gasteiger partial charge on any atom is -0.481 e. The highest BCUT2D eigenvalue weighted by Crippen LogP contribution is 3.02. The normalized spacial score (nSPS) is 17.4. The molecule has 1 aliphatic rings. The molecule has 0 spiro atoms. The summed E-state index contributed by atoms with van der Waals surface area (Å²) in [6.07, 6.45) is -6.08. The summed E-state index contributed by atoms with van der Waals surface area (Å²) in [5, 5.41) is 23.1. The van der Waals surface area contributed by atoms with Gasteiger partial charge in [-0.15, -0.1) is 0 Å². The van der Waals surface area contributed by atoms with Gasteiger partial charge in [0.2, 0.25) is 0 Å². The number of rotatable bonds is 7. The number of halogens is 10. The molecule has 1 saturated carbocycles. The standard InChI is InChI=1S/C17H12Cl2F8N4O2S/c18-9-5-8(34(23,24,25,26)27)6-10(19)13(9)31-14(29-4-3-17(20,21)22)12(11(7-28)30-31)16(1-2-16)15(32)33/h5-6,29H,1-4H2,(H,32,33). The van der Waals surface area contributed by atoms with E-state index >= 15 is 0 Å². The molecule has 3 rings (SSSR count). The summed E-state index contributed by atoms with van der Waals surface area (Å²) in [6.45, 7) is -0.846. The van der Waals surface area contributed by atoms with Gasteiger partial charge in [-0.3, -0.25) is 4.79 Å². The first-order valence-electron chi connectivity index (χ1n) is 9.01. The van der Waals surface area contributed by atoms with Crippen LogP contribution in [0.2, 0.25) is 10.0 Å². The van der Waals surface area contributed by atoms with Crippen molar-refractivity contribution in [2.45, 2.75) is 35.7 Å². The SMILES string of the molecule is N#Cc1nn(-c2c(Cl)cc(S(F)(F)(F)(F)F)cc2Cl)c(NCCC(F)(F)F)c1C1(C(=O)O)CC1. The van der Waals surface area contributed by atoms with Crippen molar-refractivity contribution in [2.24, 2.45) is 0 Å². The summed E-state index contributed by atoms with van der Waals surface area (Å²) < 4.78 is 105. The maximum absolute atomic E-state index is 13.2. The second kappa shape index (κ2) is 7.28. The summed E-state index contributed by atoms with van der Waals surface area (Å²) in [4.78, 5) is 9.40. The highest BCUT2D eigenvalue weighted by Gasteiger charge is 2.65. The predicted octanol–water partition coefficient (Wildman–Crippen LogP) is 7.19. The molecule has 0 amide bonds. The van der Waals surface area contributed by atoms with Gasteiger partial charge in [-0.1, -0.05) is 42.6 Å². The van der Waals surface area contributed by atoms with Crippen molar-refractivity contribution in [1.29, 1.82) is 5.26 Å². The van der Waals surface area contributed by atoms with Crippen LogP contribution >= 0.6 is 33.4 Å². The molecular formula is C17H12Cl2F8N4O2S. The van der Waals surface area contributed by atoms with E-state index < -0.39 is 72.9 Å². The van der Waals surface area contributed by atoms with E-state index in [1.165, 1.54) is 0 Å². The number of nitrogens with zero attached hydrogens (tertiary/aromatic N) is 3. The number of hydrogen-bond acceptors (Lipinski definition) is 4. The Morgan fingerprint density at radius 3 is 2.12 bits per heavy atom. The Hall–Kier alpha value is -2.44. The molecule has 34 heavy (non-hydrogen) atoms. The zero-order valence-electron chi connectivity index (χ0n) is 16.4. The van der Waals surface area contributed by atoms with E-state index in [-0.39, 0.29) is 30.5 Å². The van der Waals surface area contributed by atoms with Crippen LogP contribution < -0.4 is 5.32 Å². The van der Waals surface area contributed by atoms with Gasteiger partial charge < -0.3 is 10.4 Å². The quantitative estimate of drug-likeness (QED) is 0.351. The average Bonchev–Trinajstić information content (AvgIpc) is 3.36. The minimum absolute atomic E-state index is 0.0126. The highest BCUT2D eigenvalue weighted by atomic mass is 35.5. The first kappa shape index (κ1) is 26.2. The highest BCUT2D eigenvalue weighted by molar-refractivity contribution is 8.45. The maximum atomic E-state index is 13.2. The zero-order valence-corrected chi connectivity index (χ0v) is 18.7. The molecule has 17 heteroatoms. The second-order valence-electron chi connectivity index (χ2n) is 7.48. The summed E-state index contributed by atoms with van der Waals surface area (Å²) in [7, 11) is -10.2. The van der Waals surface area contributed by atoms with Crippen LogP contribution in [0.5, 0.6) is 0 Å². The Balaban J connectivity index is 2.26. The van der Waals surface area contributed by atoms with E-state index in [1.807, 2.05) is 0 Å². The summed E-state index contributed by atoms with van der Waals surface area (Å²) in [5.74, 6) is -1.92. The molecule has 0 aliphatic heterocycles. The Bertz CT molecular complexity index is 1210. The summed E-state index contributed by atoms with van der Waals surface area (Å²) >= 11 is 11.6. The molecule has 2 N–H and O–H groups in total.